The van der Waals surface area contributed by atoms with Crippen LogP contribution in [0.2, 0.25) is 0 Å². The second-order valence-corrected chi connectivity index (χ2v) is 4.68. The molecule has 17 heavy (non-hydrogen) atoms. The molecule has 1 aromatic heterocycles. The highest BCUT2D eigenvalue weighted by Gasteiger charge is 2.24. The van der Waals surface area contributed by atoms with Gasteiger partial charge in [0.05, 0.1) is 0 Å². The molecule has 0 radical (unpaired) electrons. The van der Waals surface area contributed by atoms with Crippen molar-refractivity contribution in [2.24, 2.45) is 0 Å². The van der Waals surface area contributed by atoms with Crippen LogP contribution >= 0.6 is 0 Å². The van der Waals surface area contributed by atoms with E-state index in [1.807, 2.05) is 13.0 Å². The van der Waals surface area contributed by atoms with Crippen LogP contribution in [0, 0.1) is 6.92 Å². The van der Waals surface area contributed by atoms with Crippen LogP contribution in [-0.2, 0) is 4.79 Å². The Balaban J connectivity index is 1.95. The second kappa shape index (κ2) is 5.36. The van der Waals surface area contributed by atoms with Gasteiger partial charge in [-0.2, -0.15) is 0 Å². The summed E-state index contributed by atoms with van der Waals surface area (Å²) in [5, 5.41) is 9.23. The Hall–Kier alpha value is -1.29. The minimum absolute atomic E-state index is 0.510. The van der Waals surface area contributed by atoms with Crippen molar-refractivity contribution in [2.75, 3.05) is 19.6 Å². The monoisotopic (exact) mass is 237 g/mol. The van der Waals surface area contributed by atoms with Gasteiger partial charge in [-0.15, -0.1) is 0 Å². The van der Waals surface area contributed by atoms with E-state index >= 15 is 0 Å². The molecule has 0 saturated carbocycles. The Bertz CT molecular complexity index is 380. The van der Waals surface area contributed by atoms with Crippen molar-refractivity contribution < 1.29 is 14.3 Å². The number of hydrogen-bond donors (Lipinski definition) is 1. The Morgan fingerprint density at radius 2 is 2.18 bits per heavy atom. The van der Waals surface area contributed by atoms with E-state index in [0.717, 1.165) is 25.4 Å². The largest absolute Gasteiger partial charge is 0.481 e. The van der Waals surface area contributed by atoms with Gasteiger partial charge in [0, 0.05) is 0 Å². The molecule has 94 valence electrons. The first-order valence-electron chi connectivity index (χ1n) is 6.18. The van der Waals surface area contributed by atoms with Gasteiger partial charge < -0.3 is 14.4 Å². The molecule has 1 aromatic rings. The number of likely N-dealkylation sites (tertiary alicyclic amines) is 1. The van der Waals surface area contributed by atoms with Crippen molar-refractivity contribution in [1.82, 2.24) is 4.90 Å². The van der Waals surface area contributed by atoms with Crippen LogP contribution in [-0.4, -0.2) is 35.6 Å². The maximum Gasteiger partial charge on any atom is 0.314 e. The summed E-state index contributed by atoms with van der Waals surface area (Å²) in [6, 6.07) is 3.60. The first-order chi connectivity index (χ1) is 8.16. The lowest BCUT2D eigenvalue weighted by Gasteiger charge is -2.17. The maximum absolute atomic E-state index is 11.2. The van der Waals surface area contributed by atoms with E-state index in [1.165, 1.54) is 12.8 Å². The number of carboxylic acids is 1. The van der Waals surface area contributed by atoms with Gasteiger partial charge in [-0.3, -0.25) is 4.79 Å². The van der Waals surface area contributed by atoms with Gasteiger partial charge in [-0.1, -0.05) is 0 Å². The number of aliphatic carboxylic acids is 1. The zero-order valence-corrected chi connectivity index (χ0v) is 10.2. The van der Waals surface area contributed by atoms with E-state index in [-0.39, 0.29) is 0 Å². The molecule has 0 amide bonds. The number of hydrogen-bond acceptors (Lipinski definition) is 3. The third-order valence-corrected chi connectivity index (χ3v) is 3.34. The fraction of sp³-hybridized carbons (Fsp3) is 0.615. The van der Waals surface area contributed by atoms with Crippen LogP contribution in [0.1, 0.15) is 36.7 Å². The minimum atomic E-state index is -0.793. The molecular formula is C13H19NO3. The molecule has 0 bridgehead atoms. The Kier molecular flexibility index (Phi) is 3.84. The molecule has 1 N–H and O–H groups in total. The van der Waals surface area contributed by atoms with Crippen molar-refractivity contribution in [2.45, 2.75) is 32.1 Å². The van der Waals surface area contributed by atoms with E-state index < -0.39 is 11.9 Å². The van der Waals surface area contributed by atoms with E-state index in [9.17, 15) is 9.90 Å². The number of carbonyl (C=O) groups is 1. The van der Waals surface area contributed by atoms with Gasteiger partial charge in [0.1, 0.15) is 17.4 Å². The van der Waals surface area contributed by atoms with E-state index in [4.69, 9.17) is 4.42 Å². The molecule has 0 aromatic carbocycles. The number of aryl methyl sites for hydroxylation is 1. The first-order valence-corrected chi connectivity index (χ1v) is 6.18. The predicted octanol–water partition coefficient (Wildman–Crippen LogP) is 2.24. The highest BCUT2D eigenvalue weighted by Crippen LogP contribution is 2.23. The van der Waals surface area contributed by atoms with Crippen LogP contribution in [0.25, 0.3) is 0 Å². The van der Waals surface area contributed by atoms with Gasteiger partial charge in [0.15, 0.2) is 0 Å². The van der Waals surface area contributed by atoms with E-state index in [2.05, 4.69) is 4.90 Å². The SMILES string of the molecule is Cc1ccc(C(CCN2CCCC2)C(=O)O)o1. The van der Waals surface area contributed by atoms with Crippen molar-refractivity contribution >= 4 is 5.97 Å². The van der Waals surface area contributed by atoms with Crippen LogP contribution in [0.3, 0.4) is 0 Å². The van der Waals surface area contributed by atoms with Gasteiger partial charge in [-0.25, -0.2) is 0 Å². The molecule has 1 aliphatic rings. The second-order valence-electron chi connectivity index (χ2n) is 4.68. The summed E-state index contributed by atoms with van der Waals surface area (Å²) < 4.78 is 5.42. The number of furan rings is 1. The molecule has 1 unspecified atom stereocenters. The molecule has 2 heterocycles. The highest BCUT2D eigenvalue weighted by molar-refractivity contribution is 5.75. The quantitative estimate of drug-likeness (QED) is 0.853. The fourth-order valence-electron chi connectivity index (χ4n) is 2.35. The molecule has 1 atom stereocenters. The van der Waals surface area contributed by atoms with Crippen LogP contribution in [0.15, 0.2) is 16.5 Å². The Labute approximate surface area is 101 Å². The van der Waals surface area contributed by atoms with Crippen LogP contribution in [0.5, 0.6) is 0 Å². The van der Waals surface area contributed by atoms with E-state index in [0.29, 0.717) is 12.2 Å². The standard InChI is InChI=1S/C13H19NO3/c1-10-4-5-12(17-10)11(13(15)16)6-9-14-7-2-3-8-14/h4-5,11H,2-3,6-9H2,1H3,(H,15,16). The number of rotatable bonds is 5. The number of nitrogens with zero attached hydrogens (tertiary/aromatic N) is 1. The fourth-order valence-corrected chi connectivity index (χ4v) is 2.35. The molecule has 1 aliphatic heterocycles. The molecule has 4 nitrogen and oxygen atoms in total. The smallest absolute Gasteiger partial charge is 0.314 e. The average Bonchev–Trinajstić information content (AvgIpc) is 2.90. The lowest BCUT2D eigenvalue weighted by Crippen LogP contribution is -2.24. The molecule has 1 fully saturated rings. The minimum Gasteiger partial charge on any atom is -0.481 e. The van der Waals surface area contributed by atoms with Crippen molar-refractivity contribution in [3.8, 4) is 0 Å². The van der Waals surface area contributed by atoms with Gasteiger partial charge in [0.2, 0.25) is 0 Å². The average molecular weight is 237 g/mol. The lowest BCUT2D eigenvalue weighted by atomic mass is 10.0. The molecule has 4 heteroatoms. The first kappa shape index (κ1) is 12.2. The summed E-state index contributed by atoms with van der Waals surface area (Å²) >= 11 is 0. The zero-order valence-electron chi connectivity index (χ0n) is 10.2. The Morgan fingerprint density at radius 1 is 1.47 bits per heavy atom. The molecular weight excluding hydrogens is 218 g/mol. The molecule has 0 aliphatic carbocycles. The summed E-state index contributed by atoms with van der Waals surface area (Å²) in [5.74, 6) is 0.0458. The summed E-state index contributed by atoms with van der Waals surface area (Å²) in [6.07, 6.45) is 3.09. The van der Waals surface area contributed by atoms with E-state index in [1.54, 1.807) is 6.07 Å². The highest BCUT2D eigenvalue weighted by atomic mass is 16.4. The van der Waals surface area contributed by atoms with Crippen LogP contribution < -0.4 is 0 Å². The summed E-state index contributed by atoms with van der Waals surface area (Å²) in [4.78, 5) is 13.6. The summed E-state index contributed by atoms with van der Waals surface area (Å²) in [7, 11) is 0. The molecule has 2 rings (SSSR count). The van der Waals surface area contributed by atoms with Gasteiger partial charge in [-0.05, 0) is 58.0 Å². The predicted molar refractivity (Wildman–Crippen MR) is 64.1 cm³/mol. The van der Waals surface area contributed by atoms with Gasteiger partial charge in [0.25, 0.3) is 0 Å². The van der Waals surface area contributed by atoms with Crippen molar-refractivity contribution in [3.63, 3.8) is 0 Å². The van der Waals surface area contributed by atoms with Crippen LogP contribution in [0.4, 0.5) is 0 Å². The summed E-state index contributed by atoms with van der Waals surface area (Å²) in [5.41, 5.74) is 0. The van der Waals surface area contributed by atoms with Gasteiger partial charge >= 0.3 is 5.97 Å². The Morgan fingerprint density at radius 3 is 2.71 bits per heavy atom. The normalized spacial score (nSPS) is 18.4. The molecule has 0 spiro atoms. The zero-order chi connectivity index (χ0) is 12.3. The molecule has 1 saturated heterocycles. The maximum atomic E-state index is 11.2. The summed E-state index contributed by atoms with van der Waals surface area (Å²) in [6.45, 7) is 4.88. The lowest BCUT2D eigenvalue weighted by molar-refractivity contribution is -0.139. The number of carboxylic acid groups (broad SMARTS) is 1. The third kappa shape index (κ3) is 3.09. The third-order valence-electron chi connectivity index (χ3n) is 3.34. The topological polar surface area (TPSA) is 53.7 Å². The van der Waals surface area contributed by atoms with Crippen molar-refractivity contribution in [3.05, 3.63) is 23.7 Å². The van der Waals surface area contributed by atoms with Crippen molar-refractivity contribution in [1.29, 1.82) is 0 Å².